The van der Waals surface area contributed by atoms with E-state index >= 15 is 0 Å². The van der Waals surface area contributed by atoms with Crippen molar-refractivity contribution in [3.05, 3.63) is 83.3 Å². The van der Waals surface area contributed by atoms with Crippen molar-refractivity contribution in [1.29, 1.82) is 0 Å². The van der Waals surface area contributed by atoms with Crippen LogP contribution in [0.4, 0.5) is 18.9 Å². The average Bonchev–Trinajstić information content (AvgIpc) is 2.78. The molecule has 2 amide bonds. The molecule has 0 aliphatic heterocycles. The van der Waals surface area contributed by atoms with Gasteiger partial charge >= 0.3 is 6.18 Å². The van der Waals surface area contributed by atoms with Crippen molar-refractivity contribution >= 4 is 17.5 Å². The monoisotopic (exact) mass is 444 g/mol. The molecule has 0 atom stereocenters. The Hall–Kier alpha value is -3.95. The van der Waals surface area contributed by atoms with Gasteiger partial charge in [-0.2, -0.15) is 13.2 Å². The molecule has 166 valence electrons. The average molecular weight is 444 g/mol. The number of amides is 2. The summed E-state index contributed by atoms with van der Waals surface area (Å²) in [5, 5.41) is 5.28. The first-order valence-corrected chi connectivity index (χ1v) is 9.58. The summed E-state index contributed by atoms with van der Waals surface area (Å²) in [6, 6.07) is 11.5. The predicted octanol–water partition coefficient (Wildman–Crippen LogP) is 4.08. The van der Waals surface area contributed by atoms with Gasteiger partial charge in [0.1, 0.15) is 11.3 Å². The van der Waals surface area contributed by atoms with Gasteiger partial charge in [-0.15, -0.1) is 0 Å². The van der Waals surface area contributed by atoms with Crippen molar-refractivity contribution in [3.8, 4) is 5.88 Å². The molecule has 7 nitrogen and oxygen atoms in total. The Labute approximate surface area is 181 Å². The number of hydrogen-bond acceptors (Lipinski definition) is 5. The van der Waals surface area contributed by atoms with E-state index in [1.54, 1.807) is 43.6 Å². The van der Waals surface area contributed by atoms with Crippen molar-refractivity contribution in [1.82, 2.24) is 15.3 Å². The third-order valence-corrected chi connectivity index (χ3v) is 4.27. The maximum absolute atomic E-state index is 13.0. The molecule has 3 aromatic rings. The summed E-state index contributed by atoms with van der Waals surface area (Å²) in [6.07, 6.45) is -1.45. The lowest BCUT2D eigenvalue weighted by Crippen LogP contribution is -2.25. The highest BCUT2D eigenvalue weighted by atomic mass is 19.4. The zero-order valence-corrected chi connectivity index (χ0v) is 16.9. The number of rotatable bonds is 7. The van der Waals surface area contributed by atoms with Gasteiger partial charge in [0.05, 0.1) is 17.9 Å². The molecule has 0 radical (unpaired) electrons. The van der Waals surface area contributed by atoms with E-state index in [0.717, 1.165) is 11.6 Å². The van der Waals surface area contributed by atoms with Crippen LogP contribution in [0.3, 0.4) is 0 Å². The van der Waals surface area contributed by atoms with E-state index in [1.165, 1.54) is 12.1 Å². The van der Waals surface area contributed by atoms with Crippen LogP contribution in [0.25, 0.3) is 0 Å². The number of hydrogen-bond donors (Lipinski definition) is 2. The third-order valence-electron chi connectivity index (χ3n) is 4.27. The Morgan fingerprint density at radius 3 is 2.47 bits per heavy atom. The zero-order chi connectivity index (χ0) is 23.1. The van der Waals surface area contributed by atoms with Crippen molar-refractivity contribution in [2.24, 2.45) is 0 Å². The molecule has 0 aliphatic rings. The summed E-state index contributed by atoms with van der Waals surface area (Å²) in [4.78, 5) is 32.8. The Morgan fingerprint density at radius 2 is 1.78 bits per heavy atom. The molecule has 0 saturated carbocycles. The van der Waals surface area contributed by atoms with Crippen LogP contribution in [0.1, 0.15) is 38.9 Å². The zero-order valence-electron chi connectivity index (χ0n) is 16.9. The molecule has 0 unspecified atom stereocenters. The second kappa shape index (κ2) is 9.90. The van der Waals surface area contributed by atoms with Crippen LogP contribution in [0, 0.1) is 0 Å². The number of alkyl halides is 3. The van der Waals surface area contributed by atoms with E-state index in [-0.39, 0.29) is 30.0 Å². The SMILES string of the molecule is CCOc1nc(C(F)(F)F)ccc1C(=O)Nc1ccccc1C(=O)NCc1cccnc1. The van der Waals surface area contributed by atoms with E-state index in [2.05, 4.69) is 20.6 Å². The lowest BCUT2D eigenvalue weighted by Gasteiger charge is -2.14. The van der Waals surface area contributed by atoms with Crippen LogP contribution in [0.5, 0.6) is 5.88 Å². The first-order valence-electron chi connectivity index (χ1n) is 9.58. The molecule has 2 N–H and O–H groups in total. The summed E-state index contributed by atoms with van der Waals surface area (Å²) in [5.74, 6) is -1.65. The number of nitrogens with one attached hydrogen (secondary N) is 2. The lowest BCUT2D eigenvalue weighted by atomic mass is 10.1. The van der Waals surface area contributed by atoms with Gasteiger partial charge in [0, 0.05) is 18.9 Å². The number of pyridine rings is 2. The van der Waals surface area contributed by atoms with Gasteiger partial charge in [0.2, 0.25) is 5.88 Å². The van der Waals surface area contributed by atoms with Gasteiger partial charge in [0.15, 0.2) is 0 Å². The molecular formula is C22H19F3N4O3. The van der Waals surface area contributed by atoms with E-state index < -0.39 is 29.6 Å². The quantitative estimate of drug-likeness (QED) is 0.573. The fourth-order valence-corrected chi connectivity index (χ4v) is 2.78. The van der Waals surface area contributed by atoms with Crippen molar-refractivity contribution in [2.75, 3.05) is 11.9 Å². The number of halogens is 3. The molecular weight excluding hydrogens is 425 g/mol. The van der Waals surface area contributed by atoms with Gasteiger partial charge in [-0.05, 0) is 42.8 Å². The number of benzene rings is 1. The maximum atomic E-state index is 13.0. The number of para-hydroxylation sites is 1. The molecule has 0 spiro atoms. The Kier molecular flexibility index (Phi) is 7.04. The summed E-state index contributed by atoms with van der Waals surface area (Å²) in [5.41, 5.74) is -0.205. The number of ether oxygens (including phenoxy) is 1. The lowest BCUT2D eigenvalue weighted by molar-refractivity contribution is -0.141. The molecule has 0 saturated heterocycles. The van der Waals surface area contributed by atoms with Gasteiger partial charge in [-0.1, -0.05) is 18.2 Å². The van der Waals surface area contributed by atoms with E-state index in [4.69, 9.17) is 4.74 Å². The van der Waals surface area contributed by atoms with E-state index in [0.29, 0.717) is 6.07 Å². The summed E-state index contributed by atoms with van der Waals surface area (Å²) in [6.45, 7) is 1.81. The Bertz CT molecular complexity index is 1110. The fraction of sp³-hybridized carbons (Fsp3) is 0.182. The van der Waals surface area contributed by atoms with Crippen molar-refractivity contribution in [3.63, 3.8) is 0 Å². The van der Waals surface area contributed by atoms with Crippen LogP contribution in [-0.4, -0.2) is 28.4 Å². The minimum Gasteiger partial charge on any atom is -0.477 e. The third kappa shape index (κ3) is 5.60. The molecule has 0 fully saturated rings. The maximum Gasteiger partial charge on any atom is 0.433 e. The number of aromatic nitrogens is 2. The fourth-order valence-electron chi connectivity index (χ4n) is 2.78. The summed E-state index contributed by atoms with van der Waals surface area (Å²) >= 11 is 0. The highest BCUT2D eigenvalue weighted by Gasteiger charge is 2.34. The van der Waals surface area contributed by atoms with Crippen LogP contribution in [0.15, 0.2) is 60.9 Å². The minimum atomic E-state index is -4.68. The van der Waals surface area contributed by atoms with Crippen LogP contribution >= 0.6 is 0 Å². The summed E-state index contributed by atoms with van der Waals surface area (Å²) in [7, 11) is 0. The first-order chi connectivity index (χ1) is 15.3. The molecule has 32 heavy (non-hydrogen) atoms. The second-order valence-electron chi connectivity index (χ2n) is 6.52. The van der Waals surface area contributed by atoms with Gasteiger partial charge in [-0.25, -0.2) is 4.98 Å². The van der Waals surface area contributed by atoms with Gasteiger partial charge in [0.25, 0.3) is 11.8 Å². The highest BCUT2D eigenvalue weighted by molar-refractivity contribution is 6.09. The Morgan fingerprint density at radius 1 is 1.00 bits per heavy atom. The molecule has 0 aliphatic carbocycles. The molecule has 0 bridgehead atoms. The van der Waals surface area contributed by atoms with Crippen LogP contribution in [0.2, 0.25) is 0 Å². The predicted molar refractivity (Wildman–Crippen MR) is 110 cm³/mol. The van der Waals surface area contributed by atoms with Crippen molar-refractivity contribution < 1.29 is 27.5 Å². The standard InChI is InChI=1S/C22H19F3N4O3/c1-2-32-21-16(9-10-18(29-21)22(23,24)25)20(31)28-17-8-4-3-7-15(17)19(30)27-13-14-6-5-11-26-12-14/h3-12H,2,13H2,1H3,(H,27,30)(H,28,31). The molecule has 10 heteroatoms. The normalized spacial score (nSPS) is 11.0. The van der Waals surface area contributed by atoms with Gasteiger partial charge in [-0.3, -0.25) is 14.6 Å². The summed E-state index contributed by atoms with van der Waals surface area (Å²) < 4.78 is 44.0. The number of carbonyl (C=O) groups excluding carboxylic acids is 2. The van der Waals surface area contributed by atoms with Crippen LogP contribution < -0.4 is 15.4 Å². The molecule has 3 rings (SSSR count). The smallest absolute Gasteiger partial charge is 0.433 e. The topological polar surface area (TPSA) is 93.2 Å². The molecule has 1 aromatic carbocycles. The van der Waals surface area contributed by atoms with Crippen molar-refractivity contribution in [2.45, 2.75) is 19.6 Å². The second-order valence-corrected chi connectivity index (χ2v) is 6.52. The van der Waals surface area contributed by atoms with Crippen LogP contribution in [-0.2, 0) is 12.7 Å². The highest BCUT2D eigenvalue weighted by Crippen LogP contribution is 2.30. The minimum absolute atomic E-state index is 0.0158. The van der Waals surface area contributed by atoms with Gasteiger partial charge < -0.3 is 15.4 Å². The largest absolute Gasteiger partial charge is 0.477 e. The van der Waals surface area contributed by atoms with E-state index in [1.807, 2.05) is 0 Å². The first kappa shape index (κ1) is 22.7. The number of anilines is 1. The molecule has 2 heterocycles. The van der Waals surface area contributed by atoms with E-state index in [9.17, 15) is 22.8 Å². The number of nitrogens with zero attached hydrogens (tertiary/aromatic N) is 2. The number of carbonyl (C=O) groups is 2. The Balaban J connectivity index is 1.80. The molecule has 2 aromatic heterocycles.